The largest absolute Gasteiger partial charge is 0.385 e. The molecule has 0 saturated heterocycles. The predicted molar refractivity (Wildman–Crippen MR) is 56.1 cm³/mol. The molecule has 1 aromatic carbocycles. The van der Waals surface area contributed by atoms with Crippen molar-refractivity contribution in [2.24, 2.45) is 5.92 Å². The summed E-state index contributed by atoms with van der Waals surface area (Å²) in [7, 11) is 0. The molecule has 0 heterocycles. The minimum Gasteiger partial charge on any atom is -0.385 e. The topological polar surface area (TPSA) is 20.2 Å². The fraction of sp³-hybridized carbons (Fsp3) is 0.364. The molecule has 0 aromatic heterocycles. The summed E-state index contributed by atoms with van der Waals surface area (Å²) in [5.41, 5.74) is 0.387. The van der Waals surface area contributed by atoms with E-state index in [1.165, 1.54) is 0 Å². The molecule has 1 nitrogen and oxygen atoms in total. The Morgan fingerprint density at radius 2 is 2.15 bits per heavy atom. The highest BCUT2D eigenvalue weighted by Crippen LogP contribution is 2.45. The molecule has 69 valence electrons. The Morgan fingerprint density at radius 3 is 2.69 bits per heavy atom. The van der Waals surface area contributed by atoms with Crippen molar-refractivity contribution in [3.05, 3.63) is 41.2 Å². The lowest BCUT2D eigenvalue weighted by Gasteiger charge is -2.42. The van der Waals surface area contributed by atoms with Gasteiger partial charge in [-0.2, -0.15) is 0 Å². The molecule has 0 spiro atoms. The van der Waals surface area contributed by atoms with Gasteiger partial charge in [0.25, 0.3) is 0 Å². The highest BCUT2D eigenvalue weighted by atomic mass is 79.9. The van der Waals surface area contributed by atoms with E-state index in [4.69, 9.17) is 0 Å². The maximum absolute atomic E-state index is 10.1. The molecule has 0 atom stereocenters. The second-order valence-electron chi connectivity index (χ2n) is 3.82. The molecule has 13 heavy (non-hydrogen) atoms. The Morgan fingerprint density at radius 1 is 1.46 bits per heavy atom. The third-order valence-electron chi connectivity index (χ3n) is 2.61. The fourth-order valence-electron chi connectivity index (χ4n) is 1.91. The van der Waals surface area contributed by atoms with Gasteiger partial charge in [-0.3, -0.25) is 0 Å². The van der Waals surface area contributed by atoms with Gasteiger partial charge in [-0.05, 0) is 43.4 Å². The van der Waals surface area contributed by atoms with E-state index in [2.05, 4.69) is 22.9 Å². The van der Waals surface area contributed by atoms with E-state index in [0.717, 1.165) is 22.9 Å². The number of aliphatic hydroxyl groups is 1. The Labute approximate surface area is 86.9 Å². The summed E-state index contributed by atoms with van der Waals surface area (Å²) in [5.74, 6) is 0.406. The third-order valence-corrected chi connectivity index (χ3v) is 3.11. The minimum absolute atomic E-state index is 0.406. The van der Waals surface area contributed by atoms with Crippen LogP contribution in [-0.2, 0) is 5.60 Å². The summed E-state index contributed by atoms with van der Waals surface area (Å²) in [6.45, 7) is 3.92. The zero-order valence-corrected chi connectivity index (χ0v) is 8.92. The zero-order chi connectivity index (χ0) is 9.47. The number of hydrogen-bond donors (Lipinski definition) is 1. The lowest BCUT2D eigenvalue weighted by atomic mass is 9.68. The van der Waals surface area contributed by atoms with E-state index < -0.39 is 5.60 Å². The molecule has 2 rings (SSSR count). The van der Waals surface area contributed by atoms with Crippen LogP contribution < -0.4 is 0 Å². The van der Waals surface area contributed by atoms with Crippen molar-refractivity contribution in [1.82, 2.24) is 0 Å². The summed E-state index contributed by atoms with van der Waals surface area (Å²) in [6, 6.07) is 7.86. The van der Waals surface area contributed by atoms with Gasteiger partial charge in [0.15, 0.2) is 0 Å². The molecule has 1 aliphatic carbocycles. The first-order valence-corrected chi connectivity index (χ1v) is 5.21. The number of halogens is 1. The van der Waals surface area contributed by atoms with Crippen molar-refractivity contribution in [2.75, 3.05) is 0 Å². The molecule has 0 amide bonds. The molecule has 0 unspecified atom stereocenters. The monoisotopic (exact) mass is 239 g/mol. The Kier molecular flexibility index (Phi) is 2.20. The fourth-order valence-corrected chi connectivity index (χ4v) is 2.31. The average molecular weight is 240 g/mol. The van der Waals surface area contributed by atoms with Crippen LogP contribution in [0.4, 0.5) is 0 Å². The zero-order valence-electron chi connectivity index (χ0n) is 7.33. The van der Waals surface area contributed by atoms with Crippen LogP contribution in [-0.4, -0.2) is 5.11 Å². The smallest absolute Gasteiger partial charge is 0.0902 e. The normalized spacial score (nSPS) is 32.7. The molecule has 1 fully saturated rings. The van der Waals surface area contributed by atoms with Crippen LogP contribution in [0, 0.1) is 12.8 Å². The van der Waals surface area contributed by atoms with Gasteiger partial charge in [0, 0.05) is 4.47 Å². The second kappa shape index (κ2) is 3.10. The van der Waals surface area contributed by atoms with Crippen LogP contribution >= 0.6 is 15.9 Å². The number of benzene rings is 1. The molecule has 1 saturated carbocycles. The molecule has 1 aliphatic rings. The van der Waals surface area contributed by atoms with Gasteiger partial charge in [0.05, 0.1) is 5.60 Å². The lowest BCUT2D eigenvalue weighted by Crippen LogP contribution is -2.39. The van der Waals surface area contributed by atoms with Crippen LogP contribution in [0.1, 0.15) is 18.4 Å². The highest BCUT2D eigenvalue weighted by molar-refractivity contribution is 9.10. The minimum atomic E-state index is -0.615. The quantitative estimate of drug-likeness (QED) is 0.800. The maximum Gasteiger partial charge on any atom is 0.0902 e. The molecule has 0 aliphatic heterocycles. The Hall–Kier alpha value is -0.340. The van der Waals surface area contributed by atoms with E-state index in [-0.39, 0.29) is 0 Å². The van der Waals surface area contributed by atoms with Crippen LogP contribution in [0.2, 0.25) is 0 Å². The second-order valence-corrected chi connectivity index (χ2v) is 4.73. The predicted octanol–water partition coefficient (Wildman–Crippen LogP) is 2.88. The van der Waals surface area contributed by atoms with Crippen LogP contribution in [0.5, 0.6) is 0 Å². The highest BCUT2D eigenvalue weighted by Gasteiger charge is 2.41. The van der Waals surface area contributed by atoms with E-state index in [1.807, 2.05) is 24.3 Å². The van der Waals surface area contributed by atoms with E-state index in [9.17, 15) is 5.11 Å². The first-order chi connectivity index (χ1) is 6.10. The molecule has 2 heteroatoms. The van der Waals surface area contributed by atoms with Crippen molar-refractivity contribution in [2.45, 2.75) is 18.4 Å². The van der Waals surface area contributed by atoms with Gasteiger partial charge >= 0.3 is 0 Å². The van der Waals surface area contributed by atoms with Crippen LogP contribution in [0.15, 0.2) is 28.7 Å². The van der Waals surface area contributed by atoms with Crippen molar-refractivity contribution in [3.63, 3.8) is 0 Å². The van der Waals surface area contributed by atoms with Crippen molar-refractivity contribution < 1.29 is 5.11 Å². The van der Waals surface area contributed by atoms with E-state index in [0.29, 0.717) is 5.92 Å². The van der Waals surface area contributed by atoms with Gasteiger partial charge in [-0.1, -0.05) is 28.1 Å². The molecule has 1 radical (unpaired) electrons. The summed E-state index contributed by atoms with van der Waals surface area (Å²) in [4.78, 5) is 0. The SMILES string of the molecule is [CH2]C1CC(O)(c2cccc(Br)c2)C1. The lowest BCUT2D eigenvalue weighted by molar-refractivity contribution is -0.0659. The van der Waals surface area contributed by atoms with Crippen molar-refractivity contribution in [3.8, 4) is 0 Å². The first-order valence-electron chi connectivity index (χ1n) is 4.42. The van der Waals surface area contributed by atoms with E-state index in [1.54, 1.807) is 0 Å². The summed E-state index contributed by atoms with van der Waals surface area (Å²) >= 11 is 3.40. The third kappa shape index (κ3) is 1.65. The standard InChI is InChI=1S/C11H12BrO/c1-8-6-11(13,7-8)9-3-2-4-10(12)5-9/h2-5,8,13H,1,6-7H2. The molecular weight excluding hydrogens is 228 g/mol. The van der Waals surface area contributed by atoms with Gasteiger partial charge < -0.3 is 5.11 Å². The summed E-state index contributed by atoms with van der Waals surface area (Å²) in [6.07, 6.45) is 1.56. The van der Waals surface area contributed by atoms with Gasteiger partial charge in [0.1, 0.15) is 0 Å². The van der Waals surface area contributed by atoms with Crippen molar-refractivity contribution in [1.29, 1.82) is 0 Å². The maximum atomic E-state index is 10.1. The average Bonchev–Trinajstić information content (AvgIpc) is 2.02. The van der Waals surface area contributed by atoms with Gasteiger partial charge in [-0.15, -0.1) is 0 Å². The molecule has 1 aromatic rings. The van der Waals surface area contributed by atoms with E-state index >= 15 is 0 Å². The summed E-state index contributed by atoms with van der Waals surface area (Å²) < 4.78 is 1.02. The molecular formula is C11H12BrO. The Balaban J connectivity index is 2.26. The Bertz CT molecular complexity index is 316. The van der Waals surface area contributed by atoms with Crippen LogP contribution in [0.3, 0.4) is 0 Å². The number of rotatable bonds is 1. The van der Waals surface area contributed by atoms with Crippen LogP contribution in [0.25, 0.3) is 0 Å². The molecule has 0 bridgehead atoms. The van der Waals surface area contributed by atoms with Gasteiger partial charge in [0.2, 0.25) is 0 Å². The summed E-state index contributed by atoms with van der Waals surface area (Å²) in [5, 5.41) is 10.1. The molecule has 1 N–H and O–H groups in total. The van der Waals surface area contributed by atoms with Gasteiger partial charge in [-0.25, -0.2) is 0 Å². The first kappa shape index (κ1) is 9.22. The number of hydrogen-bond acceptors (Lipinski definition) is 1. The van der Waals surface area contributed by atoms with Crippen molar-refractivity contribution >= 4 is 15.9 Å².